The summed E-state index contributed by atoms with van der Waals surface area (Å²) in [4.78, 5) is 6.99. The van der Waals surface area contributed by atoms with E-state index in [9.17, 15) is 25.9 Å². The van der Waals surface area contributed by atoms with E-state index in [4.69, 9.17) is 4.99 Å². The van der Waals surface area contributed by atoms with Gasteiger partial charge in [-0.3, -0.25) is 14.1 Å². The van der Waals surface area contributed by atoms with E-state index in [0.717, 1.165) is 33.5 Å². The number of hydrogen-bond donors (Lipinski definition) is 2. The Morgan fingerprint density at radius 2 is 1.63 bits per heavy atom. The third kappa shape index (κ3) is 6.98. The van der Waals surface area contributed by atoms with Gasteiger partial charge in [-0.15, -0.1) is 0 Å². The molecule has 1 aliphatic heterocycles. The lowest BCUT2D eigenvalue weighted by Crippen LogP contribution is -2.45. The average molecular weight is 629 g/mol. The van der Waals surface area contributed by atoms with E-state index < -0.39 is 42.7 Å². The monoisotopic (exact) mass is 628 g/mol. The number of anilines is 1. The molecular weight excluding hydrogens is 585 g/mol. The Labute approximate surface area is 257 Å². The van der Waals surface area contributed by atoms with Crippen LogP contribution in [0, 0.1) is 5.41 Å². The van der Waals surface area contributed by atoms with Gasteiger partial charge in [-0.1, -0.05) is 46.8 Å². The molecule has 0 saturated carbocycles. The van der Waals surface area contributed by atoms with Crippen molar-refractivity contribution in [3.8, 4) is 0 Å². The first-order valence-corrected chi connectivity index (χ1v) is 17.8. The van der Waals surface area contributed by atoms with E-state index in [1.807, 2.05) is 78.0 Å². The van der Waals surface area contributed by atoms with Crippen molar-refractivity contribution in [3.05, 3.63) is 75.4 Å². The zero-order chi connectivity index (χ0) is 32.3. The standard InChI is InChI=1S/C33H44N2O6S2/c1-10-34-29-15-27-21(13-25(29)23(17-31(3,4)5)19-42(36,37)38)12-22-14-26-24(20-43(39,40)41)18-32(6,7)35(11-2)30(26)16-28(22)33(27,8)9/h12-18H,10-11,19-20H2,1-9H3,(H,36,37,38)(H,39,40,41)/b23-17-,34-29+. The second-order valence-corrected chi connectivity index (χ2v) is 16.6. The Bertz CT molecular complexity index is 1760. The number of hydrogen-bond acceptors (Lipinski definition) is 6. The fraction of sp³-hybridized carbons (Fsp3) is 0.485. The van der Waals surface area contributed by atoms with Crippen molar-refractivity contribution < 1.29 is 25.9 Å². The number of rotatable bonds is 7. The summed E-state index contributed by atoms with van der Waals surface area (Å²) in [6.07, 6.45) is 9.80. The highest BCUT2D eigenvalue weighted by molar-refractivity contribution is 7.86. The molecule has 0 unspecified atom stereocenters. The van der Waals surface area contributed by atoms with E-state index in [-0.39, 0.29) is 5.41 Å². The molecule has 234 valence electrons. The first kappa shape index (κ1) is 33.1. The van der Waals surface area contributed by atoms with Gasteiger partial charge in [0.05, 0.1) is 11.3 Å². The van der Waals surface area contributed by atoms with Crippen LogP contribution in [-0.4, -0.2) is 61.8 Å². The van der Waals surface area contributed by atoms with Crippen LogP contribution in [0.2, 0.25) is 0 Å². The Hall–Kier alpha value is -2.79. The summed E-state index contributed by atoms with van der Waals surface area (Å²) in [5, 5.41) is 0. The van der Waals surface area contributed by atoms with Crippen molar-refractivity contribution in [1.29, 1.82) is 0 Å². The molecule has 8 nitrogen and oxygen atoms in total. The zero-order valence-electron chi connectivity index (χ0n) is 26.6. The van der Waals surface area contributed by atoms with Gasteiger partial charge in [0.15, 0.2) is 0 Å². The van der Waals surface area contributed by atoms with Crippen molar-refractivity contribution in [2.24, 2.45) is 10.4 Å². The van der Waals surface area contributed by atoms with Crippen LogP contribution >= 0.6 is 0 Å². The molecule has 0 spiro atoms. The lowest BCUT2D eigenvalue weighted by atomic mass is 9.66. The summed E-state index contributed by atoms with van der Waals surface area (Å²) < 4.78 is 67.9. The van der Waals surface area contributed by atoms with E-state index in [2.05, 4.69) is 31.7 Å². The summed E-state index contributed by atoms with van der Waals surface area (Å²) in [6, 6.07) is 4.14. The second kappa shape index (κ2) is 11.0. The van der Waals surface area contributed by atoms with Crippen molar-refractivity contribution in [3.63, 3.8) is 0 Å². The van der Waals surface area contributed by atoms with Gasteiger partial charge in [0.1, 0.15) is 11.5 Å². The van der Waals surface area contributed by atoms with Crippen molar-refractivity contribution in [1.82, 2.24) is 0 Å². The van der Waals surface area contributed by atoms with E-state index in [1.54, 1.807) is 0 Å². The molecule has 0 fully saturated rings. The Balaban J connectivity index is 2.01. The third-order valence-electron chi connectivity index (χ3n) is 8.13. The minimum atomic E-state index is -4.32. The van der Waals surface area contributed by atoms with E-state index >= 15 is 0 Å². The number of likely N-dealkylation sites (N-methyl/N-ethyl adjacent to an activating group) is 1. The minimum absolute atomic E-state index is 0.358. The van der Waals surface area contributed by atoms with Crippen molar-refractivity contribution >= 4 is 43.3 Å². The van der Waals surface area contributed by atoms with Gasteiger partial charge < -0.3 is 4.90 Å². The van der Waals surface area contributed by atoms with Crippen LogP contribution in [0.4, 0.5) is 5.69 Å². The molecule has 2 aliphatic carbocycles. The highest BCUT2D eigenvalue weighted by Gasteiger charge is 2.39. The minimum Gasteiger partial charge on any atom is -0.363 e. The van der Waals surface area contributed by atoms with E-state index in [0.29, 0.717) is 35.5 Å². The smallest absolute Gasteiger partial charge is 0.269 e. The summed E-state index contributed by atoms with van der Waals surface area (Å²) in [7, 11) is -8.59. The number of allylic oxidation sites excluding steroid dienone is 6. The summed E-state index contributed by atoms with van der Waals surface area (Å²) in [5.74, 6) is -1.02. The molecule has 43 heavy (non-hydrogen) atoms. The Morgan fingerprint density at radius 1 is 0.977 bits per heavy atom. The van der Waals surface area contributed by atoms with Crippen LogP contribution in [0.25, 0.3) is 11.6 Å². The molecule has 0 atom stereocenters. The fourth-order valence-corrected chi connectivity index (χ4v) is 7.85. The molecule has 0 amide bonds. The molecule has 0 saturated heterocycles. The maximum Gasteiger partial charge on any atom is 0.269 e. The van der Waals surface area contributed by atoms with Crippen LogP contribution < -0.4 is 4.90 Å². The predicted octanol–water partition coefficient (Wildman–Crippen LogP) is 6.44. The van der Waals surface area contributed by atoms with Gasteiger partial charge in [-0.05, 0) is 96.9 Å². The summed E-state index contributed by atoms with van der Waals surface area (Å²) in [5.41, 5.74) is 6.60. The zero-order valence-corrected chi connectivity index (χ0v) is 28.2. The number of benzene rings is 1. The van der Waals surface area contributed by atoms with Gasteiger partial charge >= 0.3 is 0 Å². The van der Waals surface area contributed by atoms with Gasteiger partial charge in [-0.25, -0.2) is 0 Å². The van der Waals surface area contributed by atoms with Crippen LogP contribution in [0.3, 0.4) is 0 Å². The van der Waals surface area contributed by atoms with Gasteiger partial charge in [0.25, 0.3) is 20.2 Å². The van der Waals surface area contributed by atoms with Crippen LogP contribution in [0.5, 0.6) is 0 Å². The second-order valence-electron chi connectivity index (χ2n) is 13.7. The number of nitrogens with zero attached hydrogens (tertiary/aromatic N) is 2. The van der Waals surface area contributed by atoms with Gasteiger partial charge in [0, 0.05) is 35.3 Å². The van der Waals surface area contributed by atoms with E-state index in [1.165, 1.54) is 0 Å². The molecule has 4 rings (SSSR count). The highest BCUT2D eigenvalue weighted by Crippen LogP contribution is 2.50. The maximum atomic E-state index is 12.1. The number of fused-ring (bicyclic) bond motifs is 3. The van der Waals surface area contributed by atoms with Crippen LogP contribution in [-0.2, 0) is 25.7 Å². The molecule has 3 aliphatic rings. The Kier molecular flexibility index (Phi) is 8.45. The molecule has 1 aromatic rings. The first-order valence-electron chi connectivity index (χ1n) is 14.6. The maximum absolute atomic E-state index is 12.1. The first-order chi connectivity index (χ1) is 19.6. The molecule has 10 heteroatoms. The molecular formula is C33H44N2O6S2. The molecule has 0 radical (unpaired) electrons. The quantitative estimate of drug-likeness (QED) is 0.333. The van der Waals surface area contributed by atoms with Crippen molar-refractivity contribution in [2.75, 3.05) is 29.5 Å². The largest absolute Gasteiger partial charge is 0.363 e. The van der Waals surface area contributed by atoms with Gasteiger partial charge in [-0.2, -0.15) is 16.8 Å². The van der Waals surface area contributed by atoms with Crippen LogP contribution in [0.15, 0.2) is 63.7 Å². The topological polar surface area (TPSA) is 124 Å². The molecule has 1 heterocycles. The molecule has 2 N–H and O–H groups in total. The number of aliphatic imine (C=N–C) groups is 1. The Morgan fingerprint density at radius 3 is 2.16 bits per heavy atom. The molecule has 1 aromatic carbocycles. The predicted molar refractivity (Wildman–Crippen MR) is 177 cm³/mol. The molecule has 0 aromatic heterocycles. The lowest BCUT2D eigenvalue weighted by Gasteiger charge is -2.45. The summed E-state index contributed by atoms with van der Waals surface area (Å²) >= 11 is 0. The van der Waals surface area contributed by atoms with Crippen molar-refractivity contribution in [2.45, 2.75) is 73.3 Å². The molecule has 0 bridgehead atoms. The lowest BCUT2D eigenvalue weighted by molar-refractivity contribution is 0.483. The fourth-order valence-electron chi connectivity index (χ4n) is 6.59. The third-order valence-corrected chi connectivity index (χ3v) is 9.48. The average Bonchev–Trinajstić information content (AvgIpc) is 2.80. The SMILES string of the molecule is CC/N=C1\C=C2C(=Cc3cc4c(cc3C2(C)C)N(CC)C(C)(C)C=C4CS(=O)(=O)O)C=C1/C(=C\C(C)(C)C)CS(=O)(=O)O. The highest BCUT2D eigenvalue weighted by atomic mass is 32.2. The normalized spacial score (nSPS) is 20.9. The van der Waals surface area contributed by atoms with Gasteiger partial charge in [0.2, 0.25) is 0 Å². The summed E-state index contributed by atoms with van der Waals surface area (Å²) in [6.45, 7) is 19.5. The van der Waals surface area contributed by atoms with Crippen LogP contribution in [0.1, 0.15) is 79.0 Å².